The van der Waals surface area contributed by atoms with Gasteiger partial charge in [0.05, 0.1) is 23.7 Å². The summed E-state index contributed by atoms with van der Waals surface area (Å²) in [4.78, 5) is 40.9. The predicted octanol–water partition coefficient (Wildman–Crippen LogP) is 2.90. The van der Waals surface area contributed by atoms with E-state index in [9.17, 15) is 14.4 Å². The number of fused-ring (bicyclic) bond motifs is 1. The zero-order valence-corrected chi connectivity index (χ0v) is 18.4. The lowest BCUT2D eigenvalue weighted by Gasteiger charge is -2.37. The monoisotopic (exact) mass is 425 g/mol. The Balaban J connectivity index is 1.82. The third kappa shape index (κ3) is 4.11. The molecule has 0 saturated heterocycles. The van der Waals surface area contributed by atoms with Crippen LogP contribution in [0, 0.1) is 0 Å². The van der Waals surface area contributed by atoms with Crippen LogP contribution in [-0.4, -0.2) is 46.2 Å². The first kappa shape index (κ1) is 21.6. The summed E-state index contributed by atoms with van der Waals surface area (Å²) in [7, 11) is 2.97. The molecule has 1 saturated carbocycles. The summed E-state index contributed by atoms with van der Waals surface area (Å²) in [5, 5.41) is 0. The zero-order chi connectivity index (χ0) is 22.0. The molecule has 31 heavy (non-hydrogen) atoms. The predicted molar refractivity (Wildman–Crippen MR) is 121 cm³/mol. The van der Waals surface area contributed by atoms with Crippen molar-refractivity contribution in [2.75, 3.05) is 20.2 Å². The smallest absolute Gasteiger partial charge is 0.336 e. The molecule has 7 nitrogen and oxygen atoms in total. The Kier molecular flexibility index (Phi) is 6.41. The highest BCUT2D eigenvalue weighted by Crippen LogP contribution is 2.29. The van der Waals surface area contributed by atoms with Crippen molar-refractivity contribution >= 4 is 22.7 Å². The molecular weight excluding hydrogens is 394 g/mol. The van der Waals surface area contributed by atoms with Crippen molar-refractivity contribution in [2.45, 2.75) is 57.4 Å². The number of aryl methyl sites for hydroxylation is 1. The van der Waals surface area contributed by atoms with Crippen LogP contribution in [0.4, 0.5) is 0 Å². The summed E-state index contributed by atoms with van der Waals surface area (Å²) >= 11 is 0. The van der Waals surface area contributed by atoms with Gasteiger partial charge in [-0.2, -0.15) is 0 Å². The maximum absolute atomic E-state index is 13.1. The summed E-state index contributed by atoms with van der Waals surface area (Å²) in [5.74, 6) is -0.429. The fraction of sp³-hybridized carbons (Fsp3) is 0.542. The Bertz CT molecular complexity index is 1120. The van der Waals surface area contributed by atoms with Gasteiger partial charge in [-0.05, 0) is 25.0 Å². The fourth-order valence-electron chi connectivity index (χ4n) is 5.10. The average Bonchev–Trinajstić information content (AvgIpc) is 2.77. The van der Waals surface area contributed by atoms with E-state index in [-0.39, 0.29) is 0 Å². The Morgan fingerprint density at radius 2 is 1.61 bits per heavy atom. The number of rotatable bonds is 3. The molecule has 0 spiro atoms. The molecule has 0 amide bonds. The number of para-hydroxylation sites is 2. The minimum absolute atomic E-state index is 0.429. The first-order valence-electron chi connectivity index (χ1n) is 11.3. The molecule has 1 aliphatic heterocycles. The van der Waals surface area contributed by atoms with Gasteiger partial charge >= 0.3 is 17.1 Å². The number of carbonyl (C=O) groups is 1. The number of nitrogens with zero attached hydrogens (tertiary/aromatic N) is 3. The van der Waals surface area contributed by atoms with Crippen molar-refractivity contribution in [2.24, 2.45) is 7.05 Å². The molecule has 0 N–H and O–H groups in total. The molecule has 0 unspecified atom stereocenters. The summed E-state index contributed by atoms with van der Waals surface area (Å²) in [6, 6.07) is 7.75. The second kappa shape index (κ2) is 9.22. The number of esters is 1. The van der Waals surface area contributed by atoms with E-state index in [0.29, 0.717) is 41.3 Å². The van der Waals surface area contributed by atoms with Gasteiger partial charge in [0.2, 0.25) is 0 Å². The van der Waals surface area contributed by atoms with E-state index in [1.165, 1.54) is 48.3 Å². The minimum atomic E-state index is -0.628. The number of hydrogen-bond acceptors (Lipinski definition) is 5. The summed E-state index contributed by atoms with van der Waals surface area (Å²) in [6.07, 6.45) is 9.07. The molecule has 166 valence electrons. The van der Waals surface area contributed by atoms with Crippen molar-refractivity contribution in [3.8, 4) is 0 Å². The number of hydrogen-bond donors (Lipinski definition) is 0. The molecular formula is C24H31N3O4. The SMILES string of the molecule is COC(=O)C1=C(n2c(=O)c(=O)n(C)c3ccccc32)CCN(C2CCCCCCC2)C1. The molecule has 1 aliphatic carbocycles. The van der Waals surface area contributed by atoms with Gasteiger partial charge in [-0.25, -0.2) is 4.79 Å². The normalized spacial score (nSPS) is 19.3. The van der Waals surface area contributed by atoms with Crippen LogP contribution in [0.15, 0.2) is 39.4 Å². The van der Waals surface area contributed by atoms with Crippen LogP contribution in [0.5, 0.6) is 0 Å². The second-order valence-corrected chi connectivity index (χ2v) is 8.63. The van der Waals surface area contributed by atoms with Crippen molar-refractivity contribution < 1.29 is 9.53 Å². The van der Waals surface area contributed by atoms with Crippen LogP contribution < -0.4 is 11.1 Å². The first-order chi connectivity index (χ1) is 15.0. The molecule has 2 heterocycles. The largest absolute Gasteiger partial charge is 0.466 e. The number of benzene rings is 1. The van der Waals surface area contributed by atoms with Crippen LogP contribution in [0.2, 0.25) is 0 Å². The van der Waals surface area contributed by atoms with E-state index < -0.39 is 17.1 Å². The van der Waals surface area contributed by atoms with E-state index >= 15 is 0 Å². The highest BCUT2D eigenvalue weighted by molar-refractivity contribution is 5.96. The minimum Gasteiger partial charge on any atom is -0.466 e. The zero-order valence-electron chi connectivity index (χ0n) is 18.4. The van der Waals surface area contributed by atoms with E-state index in [1.807, 2.05) is 24.3 Å². The number of ether oxygens (including phenoxy) is 1. The Morgan fingerprint density at radius 3 is 2.29 bits per heavy atom. The van der Waals surface area contributed by atoms with Gasteiger partial charge in [0, 0.05) is 38.3 Å². The molecule has 2 aromatic rings. The topological polar surface area (TPSA) is 73.5 Å². The van der Waals surface area contributed by atoms with Gasteiger partial charge in [-0.3, -0.25) is 19.1 Å². The van der Waals surface area contributed by atoms with Gasteiger partial charge in [0.25, 0.3) is 0 Å². The van der Waals surface area contributed by atoms with Crippen molar-refractivity contribution in [3.63, 3.8) is 0 Å². The third-order valence-electron chi connectivity index (χ3n) is 6.81. The summed E-state index contributed by atoms with van der Waals surface area (Å²) < 4.78 is 7.92. The number of aromatic nitrogens is 2. The van der Waals surface area contributed by atoms with E-state index in [0.717, 1.165) is 19.4 Å². The first-order valence-corrected chi connectivity index (χ1v) is 11.3. The van der Waals surface area contributed by atoms with Crippen LogP contribution in [0.3, 0.4) is 0 Å². The van der Waals surface area contributed by atoms with Gasteiger partial charge < -0.3 is 9.30 Å². The van der Waals surface area contributed by atoms with E-state index in [4.69, 9.17) is 4.74 Å². The molecule has 7 heteroatoms. The molecule has 0 radical (unpaired) electrons. The fourth-order valence-corrected chi connectivity index (χ4v) is 5.10. The Morgan fingerprint density at radius 1 is 0.968 bits per heavy atom. The molecule has 0 atom stereocenters. The van der Waals surface area contributed by atoms with Crippen LogP contribution in [-0.2, 0) is 16.6 Å². The second-order valence-electron chi connectivity index (χ2n) is 8.63. The van der Waals surface area contributed by atoms with Crippen molar-refractivity contribution in [1.29, 1.82) is 0 Å². The summed E-state index contributed by atoms with van der Waals surface area (Å²) in [5.41, 5.74) is 1.13. The number of methoxy groups -OCH3 is 1. The highest BCUT2D eigenvalue weighted by Gasteiger charge is 2.31. The summed E-state index contributed by atoms with van der Waals surface area (Å²) in [6.45, 7) is 1.21. The van der Waals surface area contributed by atoms with Crippen LogP contribution >= 0.6 is 0 Å². The Labute approximate surface area is 181 Å². The third-order valence-corrected chi connectivity index (χ3v) is 6.81. The van der Waals surface area contributed by atoms with E-state index in [1.54, 1.807) is 7.05 Å². The maximum atomic E-state index is 13.1. The highest BCUT2D eigenvalue weighted by atomic mass is 16.5. The van der Waals surface area contributed by atoms with Gasteiger partial charge in [0.1, 0.15) is 0 Å². The lowest BCUT2D eigenvalue weighted by Crippen LogP contribution is -2.45. The quantitative estimate of drug-likeness (QED) is 0.558. The standard InChI is InChI=1S/C24H31N3O4/c1-25-20-12-8-9-13-21(20)27(23(29)22(25)28)19-14-15-26(16-18(19)24(30)31-2)17-10-6-4-3-5-7-11-17/h8-9,12-13,17H,3-7,10-11,14-16H2,1-2H3. The molecule has 1 fully saturated rings. The van der Waals surface area contributed by atoms with Crippen LogP contribution in [0.25, 0.3) is 16.7 Å². The molecule has 4 rings (SSSR count). The maximum Gasteiger partial charge on any atom is 0.336 e. The molecule has 0 bridgehead atoms. The van der Waals surface area contributed by atoms with Gasteiger partial charge in [-0.1, -0.05) is 44.2 Å². The lowest BCUT2D eigenvalue weighted by atomic mass is 9.93. The Hall–Kier alpha value is -2.67. The molecule has 1 aromatic heterocycles. The average molecular weight is 426 g/mol. The van der Waals surface area contributed by atoms with Crippen molar-refractivity contribution in [1.82, 2.24) is 14.0 Å². The van der Waals surface area contributed by atoms with Crippen molar-refractivity contribution in [3.05, 3.63) is 50.5 Å². The number of carbonyl (C=O) groups excluding carboxylic acids is 1. The van der Waals surface area contributed by atoms with Gasteiger partial charge in [-0.15, -0.1) is 0 Å². The molecule has 2 aliphatic rings. The molecule has 1 aromatic carbocycles. The van der Waals surface area contributed by atoms with Crippen LogP contribution in [0.1, 0.15) is 51.4 Å². The van der Waals surface area contributed by atoms with Gasteiger partial charge in [0.15, 0.2) is 0 Å². The lowest BCUT2D eigenvalue weighted by molar-refractivity contribution is -0.136. The van der Waals surface area contributed by atoms with E-state index in [2.05, 4.69) is 4.90 Å².